The maximum Gasteiger partial charge on any atom is 0.190 e. The van der Waals surface area contributed by atoms with E-state index in [9.17, 15) is 0 Å². The van der Waals surface area contributed by atoms with Crippen molar-refractivity contribution in [2.75, 3.05) is 39.8 Å². The first kappa shape index (κ1) is 19.5. The van der Waals surface area contributed by atoms with Gasteiger partial charge in [0.2, 0.25) is 0 Å². The van der Waals surface area contributed by atoms with Gasteiger partial charge in [0, 0.05) is 33.2 Å². The van der Waals surface area contributed by atoms with Gasteiger partial charge >= 0.3 is 0 Å². The number of rotatable bonds is 7. The lowest BCUT2D eigenvalue weighted by molar-refractivity contribution is 0.328. The summed E-state index contributed by atoms with van der Waals surface area (Å²) in [5.41, 5.74) is 1.44. The van der Waals surface area contributed by atoms with E-state index in [0.29, 0.717) is 0 Å². The van der Waals surface area contributed by atoms with E-state index in [1.165, 1.54) is 44.5 Å². The molecule has 2 N–H and O–H groups in total. The second-order valence-electron chi connectivity index (χ2n) is 6.97. The van der Waals surface area contributed by atoms with Gasteiger partial charge in [0.25, 0.3) is 0 Å². The van der Waals surface area contributed by atoms with Gasteiger partial charge < -0.3 is 15.5 Å². The summed E-state index contributed by atoms with van der Waals surface area (Å²) in [6.07, 6.45) is 5.21. The van der Waals surface area contributed by atoms with Gasteiger partial charge in [0.15, 0.2) is 5.96 Å². The van der Waals surface area contributed by atoms with Gasteiger partial charge in [-0.25, -0.2) is 0 Å². The summed E-state index contributed by atoms with van der Waals surface area (Å²) in [6.45, 7) is 5.72. The monoisotopic (exact) mass is 442 g/mol. The predicted molar refractivity (Wildman–Crippen MR) is 112 cm³/mol. The Balaban J connectivity index is 0.00000208. The lowest BCUT2D eigenvalue weighted by Gasteiger charge is -2.17. The van der Waals surface area contributed by atoms with Crippen LogP contribution in [0, 0.1) is 11.8 Å². The summed E-state index contributed by atoms with van der Waals surface area (Å²) in [7, 11) is 1.86. The first-order valence-electron chi connectivity index (χ1n) is 9.04. The first-order chi connectivity index (χ1) is 11.3. The Morgan fingerprint density at radius 3 is 2.46 bits per heavy atom. The van der Waals surface area contributed by atoms with Crippen LogP contribution >= 0.6 is 24.0 Å². The van der Waals surface area contributed by atoms with Gasteiger partial charge in [-0.3, -0.25) is 4.99 Å². The molecule has 1 aliphatic heterocycles. The SMILES string of the molecule is CN=C(NCC1CC1)NCC1CCN(CCc2ccccc2)C1.I. The number of nitrogens with one attached hydrogen (secondary N) is 2. The molecule has 1 aliphatic carbocycles. The second-order valence-corrected chi connectivity index (χ2v) is 6.97. The third-order valence-electron chi connectivity index (χ3n) is 4.97. The van der Waals surface area contributed by atoms with Crippen molar-refractivity contribution in [2.45, 2.75) is 25.7 Å². The molecule has 0 amide bonds. The fourth-order valence-corrected chi connectivity index (χ4v) is 3.24. The van der Waals surface area contributed by atoms with E-state index in [0.717, 1.165) is 37.3 Å². The minimum Gasteiger partial charge on any atom is -0.356 e. The van der Waals surface area contributed by atoms with Gasteiger partial charge in [-0.1, -0.05) is 30.3 Å². The standard InChI is InChI=1S/C19H30N4.HI/c1-20-19(21-13-17-7-8-17)22-14-18-10-12-23(15-18)11-9-16-5-3-2-4-6-16;/h2-6,17-18H,7-15H2,1H3,(H2,20,21,22);1H. The fourth-order valence-electron chi connectivity index (χ4n) is 3.24. The van der Waals surface area contributed by atoms with Crippen LogP contribution in [-0.4, -0.2) is 50.6 Å². The van der Waals surface area contributed by atoms with E-state index in [4.69, 9.17) is 0 Å². The average molecular weight is 442 g/mol. The zero-order valence-corrected chi connectivity index (χ0v) is 17.0. The first-order valence-corrected chi connectivity index (χ1v) is 9.04. The Morgan fingerprint density at radius 1 is 1.08 bits per heavy atom. The molecule has 24 heavy (non-hydrogen) atoms. The summed E-state index contributed by atoms with van der Waals surface area (Å²) in [4.78, 5) is 6.92. The van der Waals surface area contributed by atoms with Crippen LogP contribution in [0.15, 0.2) is 35.3 Å². The van der Waals surface area contributed by atoms with Crippen LogP contribution in [0.4, 0.5) is 0 Å². The Kier molecular flexibility index (Phi) is 8.32. The minimum absolute atomic E-state index is 0. The number of guanidine groups is 1. The maximum absolute atomic E-state index is 4.32. The van der Waals surface area contributed by atoms with Gasteiger partial charge in [0.1, 0.15) is 0 Å². The molecule has 1 atom stereocenters. The molecule has 2 aliphatic rings. The average Bonchev–Trinajstić information content (AvgIpc) is 3.31. The van der Waals surface area contributed by atoms with E-state index in [2.05, 4.69) is 50.9 Å². The summed E-state index contributed by atoms with van der Waals surface area (Å²) >= 11 is 0. The van der Waals surface area contributed by atoms with Crippen LogP contribution in [-0.2, 0) is 6.42 Å². The molecule has 5 heteroatoms. The van der Waals surface area contributed by atoms with Gasteiger partial charge in [-0.05, 0) is 49.6 Å². The molecule has 1 aromatic carbocycles. The highest BCUT2D eigenvalue weighted by Gasteiger charge is 2.23. The Bertz CT molecular complexity index is 501. The molecule has 1 aromatic rings. The van der Waals surface area contributed by atoms with Crippen LogP contribution in [0.5, 0.6) is 0 Å². The van der Waals surface area contributed by atoms with Crippen molar-refractivity contribution in [3.63, 3.8) is 0 Å². The highest BCUT2D eigenvalue weighted by molar-refractivity contribution is 14.0. The molecule has 2 fully saturated rings. The largest absolute Gasteiger partial charge is 0.356 e. The molecule has 1 heterocycles. The van der Waals surface area contributed by atoms with E-state index < -0.39 is 0 Å². The van der Waals surface area contributed by atoms with E-state index in [1.807, 2.05) is 7.05 Å². The third kappa shape index (κ3) is 6.59. The molecule has 0 spiro atoms. The van der Waals surface area contributed by atoms with E-state index >= 15 is 0 Å². The zero-order valence-electron chi connectivity index (χ0n) is 14.7. The van der Waals surface area contributed by atoms with Crippen molar-refractivity contribution in [1.29, 1.82) is 0 Å². The minimum atomic E-state index is 0. The quantitative estimate of drug-likeness (QED) is 0.388. The van der Waals surface area contributed by atoms with Gasteiger partial charge in [-0.15, -0.1) is 24.0 Å². The summed E-state index contributed by atoms with van der Waals surface area (Å²) < 4.78 is 0. The van der Waals surface area contributed by atoms with Crippen molar-refractivity contribution in [3.8, 4) is 0 Å². The maximum atomic E-state index is 4.32. The topological polar surface area (TPSA) is 39.7 Å². The van der Waals surface area contributed by atoms with Crippen molar-refractivity contribution in [3.05, 3.63) is 35.9 Å². The summed E-state index contributed by atoms with van der Waals surface area (Å²) in [6, 6.07) is 10.8. The van der Waals surface area contributed by atoms with Crippen LogP contribution < -0.4 is 10.6 Å². The summed E-state index contributed by atoms with van der Waals surface area (Å²) in [5.74, 6) is 2.60. The number of hydrogen-bond acceptors (Lipinski definition) is 2. The van der Waals surface area contributed by atoms with E-state index in [-0.39, 0.29) is 24.0 Å². The molecule has 0 bridgehead atoms. The lowest BCUT2D eigenvalue weighted by Crippen LogP contribution is -2.41. The second kappa shape index (κ2) is 10.2. The van der Waals surface area contributed by atoms with Gasteiger partial charge in [0.05, 0.1) is 0 Å². The fraction of sp³-hybridized carbons (Fsp3) is 0.632. The Labute approximate surface area is 163 Å². The third-order valence-corrected chi connectivity index (χ3v) is 4.97. The summed E-state index contributed by atoms with van der Waals surface area (Å²) in [5, 5.41) is 6.94. The molecular weight excluding hydrogens is 411 g/mol. The van der Waals surface area contributed by atoms with E-state index in [1.54, 1.807) is 0 Å². The molecule has 1 saturated carbocycles. The molecule has 4 nitrogen and oxygen atoms in total. The van der Waals surface area contributed by atoms with Crippen molar-refractivity contribution >= 4 is 29.9 Å². The molecular formula is C19H31IN4. The number of halogens is 1. The van der Waals surface area contributed by atoms with Gasteiger partial charge in [-0.2, -0.15) is 0 Å². The molecule has 1 unspecified atom stereocenters. The molecule has 0 radical (unpaired) electrons. The van der Waals surface area contributed by atoms with Crippen molar-refractivity contribution in [2.24, 2.45) is 16.8 Å². The Hall–Kier alpha value is -0.820. The molecule has 1 saturated heterocycles. The van der Waals surface area contributed by atoms with Crippen LogP contribution in [0.1, 0.15) is 24.8 Å². The van der Waals surface area contributed by atoms with Crippen LogP contribution in [0.3, 0.4) is 0 Å². The number of hydrogen-bond donors (Lipinski definition) is 2. The zero-order chi connectivity index (χ0) is 15.9. The molecule has 3 rings (SSSR count). The molecule has 134 valence electrons. The lowest BCUT2D eigenvalue weighted by atomic mass is 10.1. The highest BCUT2D eigenvalue weighted by atomic mass is 127. The number of aliphatic imine (C=N–C) groups is 1. The van der Waals surface area contributed by atoms with Crippen LogP contribution in [0.2, 0.25) is 0 Å². The number of benzene rings is 1. The normalized spacial score (nSPS) is 21.4. The predicted octanol–water partition coefficient (Wildman–Crippen LogP) is 2.74. The number of likely N-dealkylation sites (tertiary alicyclic amines) is 1. The smallest absolute Gasteiger partial charge is 0.190 e. The van der Waals surface area contributed by atoms with Crippen molar-refractivity contribution < 1.29 is 0 Å². The van der Waals surface area contributed by atoms with Crippen molar-refractivity contribution in [1.82, 2.24) is 15.5 Å². The van der Waals surface area contributed by atoms with Crippen LogP contribution in [0.25, 0.3) is 0 Å². The highest BCUT2D eigenvalue weighted by Crippen LogP contribution is 2.27. The molecule has 0 aromatic heterocycles. The number of nitrogens with zero attached hydrogens (tertiary/aromatic N) is 2. The Morgan fingerprint density at radius 2 is 1.79 bits per heavy atom.